The molecule has 0 atom stereocenters. The van der Waals surface area contributed by atoms with Gasteiger partial charge in [-0.25, -0.2) is 0 Å². The van der Waals surface area contributed by atoms with E-state index in [1.807, 2.05) is 44.2 Å². The lowest BCUT2D eigenvalue weighted by Crippen LogP contribution is -2.22. The first-order valence-corrected chi connectivity index (χ1v) is 6.76. The van der Waals surface area contributed by atoms with Crippen molar-refractivity contribution in [3.63, 3.8) is 0 Å². The smallest absolute Gasteiger partial charge is 0.304 e. The van der Waals surface area contributed by atoms with Crippen LogP contribution in [0.25, 0.3) is 10.8 Å². The van der Waals surface area contributed by atoms with Crippen molar-refractivity contribution in [3.05, 3.63) is 35.9 Å². The number of methoxy groups -OCH3 is 2. The summed E-state index contributed by atoms with van der Waals surface area (Å²) in [5.74, 6) is 0.652. The molecule has 0 amide bonds. The van der Waals surface area contributed by atoms with E-state index in [9.17, 15) is 4.79 Å². The third-order valence-electron chi connectivity index (χ3n) is 3.72. The Morgan fingerprint density at radius 2 is 1.81 bits per heavy atom. The van der Waals surface area contributed by atoms with Crippen LogP contribution in [0.5, 0.6) is 11.5 Å². The summed E-state index contributed by atoms with van der Waals surface area (Å²) in [6, 6.07) is 9.63. The Morgan fingerprint density at radius 3 is 2.38 bits per heavy atom. The summed E-state index contributed by atoms with van der Waals surface area (Å²) >= 11 is 0. The summed E-state index contributed by atoms with van der Waals surface area (Å²) in [4.78, 5) is 11.1. The van der Waals surface area contributed by atoms with Crippen LogP contribution in [0, 0.1) is 0 Å². The second-order valence-electron chi connectivity index (χ2n) is 5.66. The van der Waals surface area contributed by atoms with Crippen LogP contribution in [0.1, 0.15) is 25.8 Å². The van der Waals surface area contributed by atoms with Crippen LogP contribution in [0.4, 0.5) is 0 Å². The Hall–Kier alpha value is -2.23. The third-order valence-corrected chi connectivity index (χ3v) is 3.72. The molecule has 2 rings (SSSR count). The number of hydrogen-bond donors (Lipinski definition) is 1. The molecule has 1 N–H and O–H groups in total. The van der Waals surface area contributed by atoms with Crippen molar-refractivity contribution < 1.29 is 19.4 Å². The Kier molecular flexibility index (Phi) is 4.07. The predicted molar refractivity (Wildman–Crippen MR) is 82.3 cm³/mol. The van der Waals surface area contributed by atoms with Gasteiger partial charge in [-0.3, -0.25) is 4.79 Å². The molecule has 0 aliphatic heterocycles. The number of fused-ring (bicyclic) bond motifs is 1. The maximum absolute atomic E-state index is 11.1. The largest absolute Gasteiger partial charge is 0.496 e. The fraction of sp³-hybridized carbons (Fsp3) is 0.353. The van der Waals surface area contributed by atoms with E-state index < -0.39 is 11.4 Å². The zero-order valence-electron chi connectivity index (χ0n) is 12.8. The van der Waals surface area contributed by atoms with E-state index in [0.29, 0.717) is 5.75 Å². The van der Waals surface area contributed by atoms with Gasteiger partial charge in [-0.05, 0) is 6.07 Å². The molecule has 2 aromatic rings. The van der Waals surface area contributed by atoms with Gasteiger partial charge in [0.25, 0.3) is 0 Å². The monoisotopic (exact) mass is 288 g/mol. The highest BCUT2D eigenvalue weighted by atomic mass is 16.5. The van der Waals surface area contributed by atoms with Crippen molar-refractivity contribution in [3.8, 4) is 11.5 Å². The van der Waals surface area contributed by atoms with E-state index >= 15 is 0 Å². The molecule has 0 saturated heterocycles. The van der Waals surface area contributed by atoms with Crippen LogP contribution in [0.2, 0.25) is 0 Å². The zero-order valence-corrected chi connectivity index (χ0v) is 12.8. The fourth-order valence-electron chi connectivity index (χ4n) is 2.71. The number of ether oxygens (including phenoxy) is 2. The Balaban J connectivity index is 2.69. The fourth-order valence-corrected chi connectivity index (χ4v) is 2.71. The first-order chi connectivity index (χ1) is 9.90. The number of rotatable bonds is 5. The van der Waals surface area contributed by atoms with Crippen molar-refractivity contribution in [2.45, 2.75) is 25.7 Å². The van der Waals surface area contributed by atoms with Crippen molar-refractivity contribution >= 4 is 16.7 Å². The summed E-state index contributed by atoms with van der Waals surface area (Å²) in [5, 5.41) is 11.0. The highest BCUT2D eigenvalue weighted by Gasteiger charge is 2.28. The van der Waals surface area contributed by atoms with Crippen LogP contribution in [-0.4, -0.2) is 25.3 Å². The van der Waals surface area contributed by atoms with E-state index in [0.717, 1.165) is 22.1 Å². The highest BCUT2D eigenvalue weighted by Crippen LogP contribution is 2.41. The molecule has 2 aromatic carbocycles. The number of aliphatic carboxylic acids is 1. The maximum atomic E-state index is 11.1. The molecule has 0 radical (unpaired) electrons. The molecule has 0 fully saturated rings. The van der Waals surface area contributed by atoms with Crippen molar-refractivity contribution in [2.75, 3.05) is 14.2 Å². The van der Waals surface area contributed by atoms with Crippen LogP contribution in [-0.2, 0) is 10.2 Å². The van der Waals surface area contributed by atoms with Gasteiger partial charge in [0.05, 0.1) is 20.6 Å². The summed E-state index contributed by atoms with van der Waals surface area (Å²) in [7, 11) is 3.23. The van der Waals surface area contributed by atoms with Gasteiger partial charge in [-0.2, -0.15) is 0 Å². The lowest BCUT2D eigenvalue weighted by Gasteiger charge is -2.26. The molecule has 0 unspecified atom stereocenters. The average Bonchev–Trinajstić information content (AvgIpc) is 2.43. The zero-order chi connectivity index (χ0) is 15.6. The minimum Gasteiger partial charge on any atom is -0.496 e. The molecule has 0 saturated carbocycles. The molecule has 0 spiro atoms. The molecule has 4 heteroatoms. The number of carboxylic acids is 1. The molecule has 0 aliphatic rings. The molecule has 0 aliphatic carbocycles. The molecule has 0 heterocycles. The van der Waals surface area contributed by atoms with Gasteiger partial charge in [-0.1, -0.05) is 38.1 Å². The van der Waals surface area contributed by atoms with Gasteiger partial charge >= 0.3 is 5.97 Å². The van der Waals surface area contributed by atoms with Crippen LogP contribution < -0.4 is 9.47 Å². The minimum atomic E-state index is -0.826. The van der Waals surface area contributed by atoms with Crippen LogP contribution >= 0.6 is 0 Å². The van der Waals surface area contributed by atoms with E-state index in [-0.39, 0.29) is 6.42 Å². The van der Waals surface area contributed by atoms with Gasteiger partial charge in [0.15, 0.2) is 0 Å². The standard InChI is InChI=1S/C17H20O4/c1-17(2,10-15(18)19)13-9-8-11-12(16(13)21-4)6-5-7-14(11)20-3/h5-9H,10H2,1-4H3,(H,18,19). The minimum absolute atomic E-state index is 0.0405. The van der Waals surface area contributed by atoms with Gasteiger partial charge in [-0.15, -0.1) is 0 Å². The molecule has 4 nitrogen and oxygen atoms in total. The van der Waals surface area contributed by atoms with E-state index in [2.05, 4.69) is 0 Å². The quantitative estimate of drug-likeness (QED) is 0.913. The predicted octanol–water partition coefficient (Wildman–Crippen LogP) is 3.61. The Bertz CT molecular complexity index is 674. The maximum Gasteiger partial charge on any atom is 0.304 e. The van der Waals surface area contributed by atoms with Gasteiger partial charge in [0, 0.05) is 21.8 Å². The first-order valence-electron chi connectivity index (χ1n) is 6.76. The first kappa shape index (κ1) is 15.2. The second kappa shape index (κ2) is 5.64. The van der Waals surface area contributed by atoms with Gasteiger partial charge in [0.2, 0.25) is 0 Å². The van der Waals surface area contributed by atoms with Crippen molar-refractivity contribution in [1.82, 2.24) is 0 Å². The van der Waals surface area contributed by atoms with E-state index in [1.54, 1.807) is 14.2 Å². The molecular formula is C17H20O4. The lowest BCUT2D eigenvalue weighted by molar-refractivity contribution is -0.138. The number of carbonyl (C=O) groups is 1. The van der Waals surface area contributed by atoms with Gasteiger partial charge < -0.3 is 14.6 Å². The van der Waals surface area contributed by atoms with E-state index in [4.69, 9.17) is 14.6 Å². The number of carboxylic acid groups (broad SMARTS) is 1. The summed E-state index contributed by atoms with van der Waals surface area (Å²) in [5.41, 5.74) is 0.363. The van der Waals surface area contributed by atoms with Crippen LogP contribution in [0.3, 0.4) is 0 Å². The second-order valence-corrected chi connectivity index (χ2v) is 5.66. The Morgan fingerprint density at radius 1 is 1.10 bits per heavy atom. The average molecular weight is 288 g/mol. The third kappa shape index (κ3) is 2.79. The summed E-state index contributed by atoms with van der Waals surface area (Å²) < 4.78 is 10.9. The van der Waals surface area contributed by atoms with Crippen molar-refractivity contribution in [1.29, 1.82) is 0 Å². The van der Waals surface area contributed by atoms with Crippen LogP contribution in [0.15, 0.2) is 30.3 Å². The normalized spacial score (nSPS) is 11.4. The molecule has 112 valence electrons. The molecular weight excluding hydrogens is 268 g/mol. The number of benzene rings is 2. The van der Waals surface area contributed by atoms with Crippen molar-refractivity contribution in [2.24, 2.45) is 0 Å². The highest BCUT2D eigenvalue weighted by molar-refractivity contribution is 5.94. The number of hydrogen-bond acceptors (Lipinski definition) is 3. The van der Waals surface area contributed by atoms with Gasteiger partial charge in [0.1, 0.15) is 11.5 Å². The lowest BCUT2D eigenvalue weighted by atomic mass is 9.80. The molecule has 0 bridgehead atoms. The molecule has 21 heavy (non-hydrogen) atoms. The SMILES string of the molecule is COc1cccc2c(OC)c(C(C)(C)CC(=O)O)ccc12. The summed E-state index contributed by atoms with van der Waals surface area (Å²) in [6.45, 7) is 3.82. The Labute approximate surface area is 124 Å². The summed E-state index contributed by atoms with van der Waals surface area (Å²) in [6.07, 6.45) is 0.0405. The van der Waals surface area contributed by atoms with E-state index in [1.165, 1.54) is 0 Å². The topological polar surface area (TPSA) is 55.8 Å². The molecule has 0 aromatic heterocycles.